The molecule has 0 aliphatic rings. The molecule has 0 saturated carbocycles. The summed E-state index contributed by atoms with van der Waals surface area (Å²) in [5.74, 6) is -0.416. The number of nitrogens with zero attached hydrogens (tertiary/aromatic N) is 1. The van der Waals surface area contributed by atoms with Gasteiger partial charge in [-0.05, 0) is 48.9 Å². The fourth-order valence-corrected chi connectivity index (χ4v) is 4.69. The third-order valence-electron chi connectivity index (χ3n) is 5.18. The van der Waals surface area contributed by atoms with Crippen LogP contribution < -0.4 is 5.32 Å². The lowest BCUT2D eigenvalue weighted by atomic mass is 9.97. The van der Waals surface area contributed by atoms with Crippen molar-refractivity contribution in [3.63, 3.8) is 0 Å². The second kappa shape index (κ2) is 11.1. The predicted octanol–water partition coefficient (Wildman–Crippen LogP) is 6.65. The van der Waals surface area contributed by atoms with E-state index in [4.69, 9.17) is 4.74 Å². The molecule has 0 aliphatic heterocycles. The number of hydrogen-bond acceptors (Lipinski definition) is 6. The van der Waals surface area contributed by atoms with Gasteiger partial charge in [-0.25, -0.2) is 4.79 Å². The van der Waals surface area contributed by atoms with Crippen LogP contribution in [0.5, 0.6) is 0 Å². The first-order chi connectivity index (χ1) is 16.2. The third kappa shape index (κ3) is 5.88. The van der Waals surface area contributed by atoms with E-state index in [0.29, 0.717) is 22.9 Å². The van der Waals surface area contributed by atoms with E-state index in [-0.39, 0.29) is 17.9 Å². The first kappa shape index (κ1) is 25.1. The van der Waals surface area contributed by atoms with Crippen molar-refractivity contribution in [3.05, 3.63) is 80.2 Å². The summed E-state index contributed by atoms with van der Waals surface area (Å²) >= 11 is 1.30. The molecule has 0 fully saturated rings. The van der Waals surface area contributed by atoms with Gasteiger partial charge in [0.1, 0.15) is 10.6 Å². The maximum atomic E-state index is 13.0. The average molecular weight is 481 g/mol. The van der Waals surface area contributed by atoms with Gasteiger partial charge in [0.2, 0.25) is 0 Å². The molecular formula is C26H28N2O5S. The first-order valence-corrected chi connectivity index (χ1v) is 12.0. The van der Waals surface area contributed by atoms with Crippen molar-refractivity contribution in [2.75, 3.05) is 11.9 Å². The molecular weight excluding hydrogens is 452 g/mol. The number of nitro groups is 1. The summed E-state index contributed by atoms with van der Waals surface area (Å²) < 4.78 is 5.44. The molecule has 178 valence electrons. The number of nitro benzene ring substituents is 1. The maximum absolute atomic E-state index is 13.0. The Bertz CT molecular complexity index is 1180. The van der Waals surface area contributed by atoms with Gasteiger partial charge < -0.3 is 10.1 Å². The Morgan fingerprint density at radius 1 is 1.09 bits per heavy atom. The standard InChI is InChI=1S/C26H28N2O5S/c1-5-14-33-26(30)23-22(19-8-6-18(7-9-19)15-16(2)3)17(4)34-25(23)27-24(29)20-10-12-21(13-11-20)28(31)32/h6-13,16H,5,14-15H2,1-4H3,(H,27,29). The number of carbonyl (C=O) groups excluding carboxylic acids is 2. The zero-order valence-electron chi connectivity index (χ0n) is 19.7. The Balaban J connectivity index is 1.97. The number of esters is 1. The van der Waals surface area contributed by atoms with Crippen molar-refractivity contribution in [1.82, 2.24) is 0 Å². The van der Waals surface area contributed by atoms with Gasteiger partial charge in [0.25, 0.3) is 11.6 Å². The van der Waals surface area contributed by atoms with E-state index in [0.717, 1.165) is 22.4 Å². The third-order valence-corrected chi connectivity index (χ3v) is 6.20. The van der Waals surface area contributed by atoms with Crippen LogP contribution in [0.3, 0.4) is 0 Å². The average Bonchev–Trinajstić information content (AvgIpc) is 3.13. The molecule has 0 atom stereocenters. The SMILES string of the molecule is CCCOC(=O)c1c(NC(=O)c2ccc([N+](=O)[O-])cc2)sc(C)c1-c1ccc(CC(C)C)cc1. The monoisotopic (exact) mass is 480 g/mol. The number of anilines is 1. The van der Waals surface area contributed by atoms with Crippen LogP contribution in [0.1, 0.15) is 58.3 Å². The van der Waals surface area contributed by atoms with Gasteiger partial charge in [-0.1, -0.05) is 45.0 Å². The minimum absolute atomic E-state index is 0.101. The molecule has 1 N–H and O–H groups in total. The molecule has 8 heteroatoms. The summed E-state index contributed by atoms with van der Waals surface area (Å²) in [6.45, 7) is 8.42. The summed E-state index contributed by atoms with van der Waals surface area (Å²) in [5, 5.41) is 14.1. The highest BCUT2D eigenvalue weighted by atomic mass is 32.1. The summed E-state index contributed by atoms with van der Waals surface area (Å²) in [6.07, 6.45) is 1.64. The van der Waals surface area contributed by atoms with Crippen LogP contribution in [-0.4, -0.2) is 23.4 Å². The Morgan fingerprint density at radius 3 is 2.29 bits per heavy atom. The molecule has 7 nitrogen and oxygen atoms in total. The van der Waals surface area contributed by atoms with E-state index in [2.05, 4.69) is 31.3 Å². The molecule has 2 aromatic carbocycles. The number of aryl methyl sites for hydroxylation is 1. The van der Waals surface area contributed by atoms with E-state index in [1.165, 1.54) is 41.2 Å². The van der Waals surface area contributed by atoms with Crippen molar-refractivity contribution in [2.45, 2.75) is 40.5 Å². The van der Waals surface area contributed by atoms with E-state index in [9.17, 15) is 19.7 Å². The van der Waals surface area contributed by atoms with Crippen LogP contribution in [0.2, 0.25) is 0 Å². The fraction of sp³-hybridized carbons (Fsp3) is 0.308. The number of rotatable bonds is 9. The van der Waals surface area contributed by atoms with Gasteiger partial charge in [-0.15, -0.1) is 11.3 Å². The highest BCUT2D eigenvalue weighted by Gasteiger charge is 2.26. The minimum Gasteiger partial charge on any atom is -0.462 e. The lowest BCUT2D eigenvalue weighted by molar-refractivity contribution is -0.384. The summed E-state index contributed by atoms with van der Waals surface area (Å²) in [7, 11) is 0. The number of non-ortho nitro benzene ring substituents is 1. The summed E-state index contributed by atoms with van der Waals surface area (Å²) in [5.41, 5.74) is 3.30. The van der Waals surface area contributed by atoms with Crippen LogP contribution in [-0.2, 0) is 11.2 Å². The Kier molecular flexibility index (Phi) is 8.17. The Hall–Kier alpha value is -3.52. The predicted molar refractivity (Wildman–Crippen MR) is 135 cm³/mol. The van der Waals surface area contributed by atoms with Gasteiger partial charge >= 0.3 is 5.97 Å². The fourth-order valence-electron chi connectivity index (χ4n) is 3.63. The van der Waals surface area contributed by atoms with Crippen LogP contribution in [0, 0.1) is 23.0 Å². The molecule has 0 unspecified atom stereocenters. The number of ether oxygens (including phenoxy) is 1. The highest BCUT2D eigenvalue weighted by Crippen LogP contribution is 2.41. The van der Waals surface area contributed by atoms with Gasteiger partial charge in [-0.2, -0.15) is 0 Å². The van der Waals surface area contributed by atoms with Crippen molar-refractivity contribution in [1.29, 1.82) is 0 Å². The van der Waals surface area contributed by atoms with Crippen LogP contribution in [0.15, 0.2) is 48.5 Å². The van der Waals surface area contributed by atoms with E-state index in [1.54, 1.807) is 0 Å². The number of hydrogen-bond donors (Lipinski definition) is 1. The smallest absolute Gasteiger partial charge is 0.341 e. The molecule has 34 heavy (non-hydrogen) atoms. The van der Waals surface area contributed by atoms with E-state index >= 15 is 0 Å². The molecule has 0 spiro atoms. The van der Waals surface area contributed by atoms with Gasteiger partial charge in [0, 0.05) is 28.1 Å². The maximum Gasteiger partial charge on any atom is 0.341 e. The molecule has 0 bridgehead atoms. The second-order valence-electron chi connectivity index (χ2n) is 8.43. The normalized spacial score (nSPS) is 10.9. The molecule has 3 aromatic rings. The van der Waals surface area contributed by atoms with Crippen LogP contribution in [0.4, 0.5) is 10.7 Å². The molecule has 0 aliphatic carbocycles. The van der Waals surface area contributed by atoms with Crippen molar-refractivity contribution in [2.24, 2.45) is 5.92 Å². The zero-order valence-corrected chi connectivity index (χ0v) is 20.5. The first-order valence-electron chi connectivity index (χ1n) is 11.2. The number of amides is 1. The van der Waals surface area contributed by atoms with Crippen molar-refractivity contribution in [3.8, 4) is 11.1 Å². The van der Waals surface area contributed by atoms with Crippen molar-refractivity contribution < 1.29 is 19.2 Å². The van der Waals surface area contributed by atoms with Crippen molar-refractivity contribution >= 4 is 33.9 Å². The van der Waals surface area contributed by atoms with Gasteiger partial charge in [0.05, 0.1) is 11.5 Å². The van der Waals surface area contributed by atoms with E-state index in [1.807, 2.05) is 26.0 Å². The highest BCUT2D eigenvalue weighted by molar-refractivity contribution is 7.17. The minimum atomic E-state index is -0.523. The Morgan fingerprint density at radius 2 is 1.74 bits per heavy atom. The zero-order chi connectivity index (χ0) is 24.8. The lowest BCUT2D eigenvalue weighted by Gasteiger charge is -2.11. The molecule has 1 aromatic heterocycles. The Labute approximate surface area is 202 Å². The summed E-state index contributed by atoms with van der Waals surface area (Å²) in [4.78, 5) is 37.1. The van der Waals surface area contributed by atoms with Gasteiger partial charge in [-0.3, -0.25) is 14.9 Å². The quantitative estimate of drug-likeness (QED) is 0.210. The molecule has 3 rings (SSSR count). The topological polar surface area (TPSA) is 98.5 Å². The molecule has 0 radical (unpaired) electrons. The number of carbonyl (C=O) groups is 2. The number of nitrogens with one attached hydrogen (secondary N) is 1. The van der Waals surface area contributed by atoms with Gasteiger partial charge in [0.15, 0.2) is 0 Å². The molecule has 1 heterocycles. The largest absolute Gasteiger partial charge is 0.462 e. The van der Waals surface area contributed by atoms with Crippen LogP contribution in [0.25, 0.3) is 11.1 Å². The number of thiophene rings is 1. The molecule has 0 saturated heterocycles. The van der Waals surface area contributed by atoms with Crippen LogP contribution >= 0.6 is 11.3 Å². The number of benzene rings is 2. The molecule has 1 amide bonds. The van der Waals surface area contributed by atoms with E-state index < -0.39 is 16.8 Å². The second-order valence-corrected chi connectivity index (χ2v) is 9.65. The summed E-state index contributed by atoms with van der Waals surface area (Å²) in [6, 6.07) is 13.4. The lowest BCUT2D eigenvalue weighted by Crippen LogP contribution is -2.15.